The average molecular weight is 295 g/mol. The second kappa shape index (κ2) is 3.49. The van der Waals surface area contributed by atoms with E-state index in [0.717, 1.165) is 0 Å². The van der Waals surface area contributed by atoms with Crippen LogP contribution in [-0.4, -0.2) is 19.8 Å². The molecule has 0 amide bonds. The lowest BCUT2D eigenvalue weighted by Gasteiger charge is -1.96. The number of hydrogen-bond donors (Lipinski definition) is 0. The summed E-state index contributed by atoms with van der Waals surface area (Å²) in [6.07, 6.45) is 1.29. The second-order valence-electron chi connectivity index (χ2n) is 2.47. The molecule has 0 saturated heterocycles. The molecule has 0 saturated carbocycles. The molecule has 4 nitrogen and oxygen atoms in total. The van der Waals surface area contributed by atoms with Crippen LogP contribution in [0.1, 0.15) is 10.4 Å². The number of hydrogen-bond acceptors (Lipinski definition) is 3. The van der Waals surface area contributed by atoms with E-state index >= 15 is 0 Å². The van der Waals surface area contributed by atoms with Gasteiger partial charge in [0.15, 0.2) is 5.15 Å². The van der Waals surface area contributed by atoms with Gasteiger partial charge >= 0.3 is 0 Å². The molecule has 0 bridgehead atoms. The third-order valence-electron chi connectivity index (χ3n) is 1.68. The number of carbonyl (C=O) groups excluding carboxylic acids is 1. The lowest BCUT2D eigenvalue weighted by atomic mass is 10.3. The summed E-state index contributed by atoms with van der Waals surface area (Å²) in [4.78, 5) is 14.8. The number of fused-ring (bicyclic) bond motifs is 1. The minimum absolute atomic E-state index is 0.190. The van der Waals surface area contributed by atoms with Crippen molar-refractivity contribution in [2.24, 2.45) is 0 Å². The molecule has 0 fully saturated rings. The van der Waals surface area contributed by atoms with Crippen LogP contribution in [0.3, 0.4) is 0 Å². The predicted octanol–water partition coefficient (Wildman–Crippen LogP) is 2.52. The molecule has 7 heteroatoms. The van der Waals surface area contributed by atoms with Crippen molar-refractivity contribution in [3.05, 3.63) is 27.7 Å². The second-order valence-corrected chi connectivity index (χ2v) is 3.98. The van der Waals surface area contributed by atoms with Crippen LogP contribution in [0.2, 0.25) is 5.15 Å². The van der Waals surface area contributed by atoms with Crippen molar-refractivity contribution in [3.63, 3.8) is 0 Å². The van der Waals surface area contributed by atoms with Crippen LogP contribution >= 0.6 is 39.1 Å². The van der Waals surface area contributed by atoms with E-state index in [4.69, 9.17) is 23.2 Å². The van der Waals surface area contributed by atoms with Crippen LogP contribution in [-0.2, 0) is 0 Å². The molecule has 0 aliphatic carbocycles. The number of rotatable bonds is 1. The Balaban J connectivity index is 2.93. The molecule has 0 radical (unpaired) electrons. The Labute approximate surface area is 97.0 Å². The molecule has 2 aromatic rings. The van der Waals surface area contributed by atoms with Crippen LogP contribution in [0.5, 0.6) is 0 Å². The summed E-state index contributed by atoms with van der Waals surface area (Å²) in [5.41, 5.74) is 0.685. The highest BCUT2D eigenvalue weighted by molar-refractivity contribution is 9.10. The van der Waals surface area contributed by atoms with E-state index < -0.39 is 5.24 Å². The average Bonchev–Trinajstić information content (AvgIpc) is 2.46. The Morgan fingerprint density at radius 2 is 2.29 bits per heavy atom. The van der Waals surface area contributed by atoms with Gasteiger partial charge in [0.05, 0.1) is 5.56 Å². The number of carbonyl (C=O) groups is 1. The van der Waals surface area contributed by atoms with Crippen LogP contribution in [0.15, 0.2) is 17.0 Å². The highest BCUT2D eigenvalue weighted by Gasteiger charge is 2.16. The Bertz CT molecular complexity index is 525. The van der Waals surface area contributed by atoms with E-state index in [1.807, 2.05) is 0 Å². The van der Waals surface area contributed by atoms with E-state index in [-0.39, 0.29) is 10.7 Å². The number of nitrogens with zero attached hydrogens (tertiary/aromatic N) is 3. The first-order valence-electron chi connectivity index (χ1n) is 3.49. The van der Waals surface area contributed by atoms with Gasteiger partial charge in [0.1, 0.15) is 16.4 Å². The minimum Gasteiger partial charge on any atom is -0.276 e. The third-order valence-corrected chi connectivity index (χ3v) is 2.72. The third kappa shape index (κ3) is 1.41. The first-order chi connectivity index (χ1) is 6.61. The lowest BCUT2D eigenvalue weighted by Crippen LogP contribution is -1.95. The van der Waals surface area contributed by atoms with Crippen molar-refractivity contribution in [3.8, 4) is 0 Å². The van der Waals surface area contributed by atoms with Gasteiger partial charge in [-0.15, -0.1) is 0 Å². The fourth-order valence-corrected chi connectivity index (χ4v) is 1.99. The van der Waals surface area contributed by atoms with Crippen molar-refractivity contribution < 1.29 is 4.79 Å². The molecule has 0 N–H and O–H groups in total. The molecule has 0 aliphatic rings. The zero-order valence-corrected chi connectivity index (χ0v) is 9.64. The molecule has 0 aromatic carbocycles. The molecular weight excluding hydrogens is 293 g/mol. The molecule has 2 rings (SSSR count). The van der Waals surface area contributed by atoms with Gasteiger partial charge in [-0.05, 0) is 33.6 Å². The number of halogens is 3. The predicted molar refractivity (Wildman–Crippen MR) is 55.9 cm³/mol. The summed E-state index contributed by atoms with van der Waals surface area (Å²) in [6.45, 7) is 0. The van der Waals surface area contributed by atoms with Crippen LogP contribution in [0, 0.1) is 0 Å². The maximum absolute atomic E-state index is 11.0. The summed E-state index contributed by atoms with van der Waals surface area (Å²) in [5.74, 6) is 0. The van der Waals surface area contributed by atoms with Crippen LogP contribution in [0.25, 0.3) is 5.52 Å². The summed E-state index contributed by atoms with van der Waals surface area (Å²) in [6, 6.07) is 1.55. The van der Waals surface area contributed by atoms with E-state index in [0.29, 0.717) is 10.1 Å². The van der Waals surface area contributed by atoms with Gasteiger partial charge in [0, 0.05) is 0 Å². The van der Waals surface area contributed by atoms with Crippen LogP contribution < -0.4 is 0 Å². The van der Waals surface area contributed by atoms with Gasteiger partial charge < -0.3 is 0 Å². The zero-order chi connectivity index (χ0) is 10.3. The Morgan fingerprint density at radius 3 is 2.93 bits per heavy atom. The number of aromatic nitrogens is 3. The molecule has 0 atom stereocenters. The molecule has 14 heavy (non-hydrogen) atoms. The van der Waals surface area contributed by atoms with Gasteiger partial charge in [-0.2, -0.15) is 5.10 Å². The van der Waals surface area contributed by atoms with E-state index in [9.17, 15) is 4.79 Å². The monoisotopic (exact) mass is 293 g/mol. The topological polar surface area (TPSA) is 47.3 Å². The van der Waals surface area contributed by atoms with E-state index in [2.05, 4.69) is 26.0 Å². The summed E-state index contributed by atoms with van der Waals surface area (Å²) < 4.78 is 2.05. The SMILES string of the molecule is O=C(Cl)c1cc(Br)n2ncnc(Cl)c12. The highest BCUT2D eigenvalue weighted by Crippen LogP contribution is 2.25. The van der Waals surface area contributed by atoms with Crippen molar-refractivity contribution in [2.75, 3.05) is 0 Å². The zero-order valence-electron chi connectivity index (χ0n) is 6.54. The van der Waals surface area contributed by atoms with Crippen molar-refractivity contribution >= 4 is 49.9 Å². The van der Waals surface area contributed by atoms with E-state index in [1.165, 1.54) is 10.8 Å². The Morgan fingerprint density at radius 1 is 1.57 bits per heavy atom. The van der Waals surface area contributed by atoms with Crippen LogP contribution in [0.4, 0.5) is 0 Å². The lowest BCUT2D eigenvalue weighted by molar-refractivity contribution is 0.108. The molecule has 72 valence electrons. The molecule has 2 aromatic heterocycles. The standard InChI is InChI=1S/C7H2BrCl2N3O/c8-4-1-3(7(10)14)5-6(9)11-2-12-13(4)5/h1-2H. The Hall–Kier alpha value is -0.650. The summed E-state index contributed by atoms with van der Waals surface area (Å²) in [7, 11) is 0. The van der Waals surface area contributed by atoms with Crippen molar-refractivity contribution in [1.82, 2.24) is 14.6 Å². The quantitative estimate of drug-likeness (QED) is 0.759. The fraction of sp³-hybridized carbons (Fsp3) is 0. The fourth-order valence-electron chi connectivity index (χ4n) is 1.12. The maximum atomic E-state index is 11.0. The van der Waals surface area contributed by atoms with Gasteiger partial charge in [0.2, 0.25) is 0 Å². The Kier molecular flexibility index (Phi) is 2.47. The van der Waals surface area contributed by atoms with Crippen molar-refractivity contribution in [1.29, 1.82) is 0 Å². The normalized spacial score (nSPS) is 10.8. The first kappa shape index (κ1) is 9.89. The van der Waals surface area contributed by atoms with Gasteiger partial charge in [-0.3, -0.25) is 4.79 Å². The molecular formula is C7H2BrCl2N3O. The van der Waals surface area contributed by atoms with Crippen molar-refractivity contribution in [2.45, 2.75) is 0 Å². The van der Waals surface area contributed by atoms with Gasteiger partial charge in [-0.25, -0.2) is 9.50 Å². The molecule has 0 unspecified atom stereocenters. The van der Waals surface area contributed by atoms with E-state index in [1.54, 1.807) is 6.07 Å². The largest absolute Gasteiger partial charge is 0.276 e. The molecule has 0 spiro atoms. The smallest absolute Gasteiger partial charge is 0.254 e. The highest BCUT2D eigenvalue weighted by atomic mass is 79.9. The van der Waals surface area contributed by atoms with Gasteiger partial charge in [0.25, 0.3) is 5.24 Å². The first-order valence-corrected chi connectivity index (χ1v) is 5.03. The maximum Gasteiger partial charge on any atom is 0.254 e. The molecule has 0 aliphatic heterocycles. The minimum atomic E-state index is -0.593. The molecule has 2 heterocycles. The van der Waals surface area contributed by atoms with Gasteiger partial charge in [-0.1, -0.05) is 11.6 Å². The summed E-state index contributed by atoms with van der Waals surface area (Å²) in [5, 5.41) is 3.50. The summed E-state index contributed by atoms with van der Waals surface area (Å²) >= 11 is 14.4.